The summed E-state index contributed by atoms with van der Waals surface area (Å²) in [6.45, 7) is 6.29. The lowest BCUT2D eigenvalue weighted by Crippen LogP contribution is -2.33. The van der Waals surface area contributed by atoms with Gasteiger partial charge in [-0.1, -0.05) is 13.3 Å². The topological polar surface area (TPSA) is 102 Å². The third-order valence-electron chi connectivity index (χ3n) is 2.97. The Morgan fingerprint density at radius 2 is 1.95 bits per heavy atom. The molecule has 0 aliphatic carbocycles. The molecule has 0 aliphatic rings. The number of anilines is 2. The zero-order valence-electron chi connectivity index (χ0n) is 12.2. The Hall–Kier alpha value is -1.76. The van der Waals surface area contributed by atoms with E-state index < -0.39 is 11.2 Å². The van der Waals surface area contributed by atoms with Crippen LogP contribution in [0.4, 0.5) is 11.5 Å². The Bertz CT molecular complexity index is 521. The van der Waals surface area contributed by atoms with E-state index in [1.807, 2.05) is 0 Å². The van der Waals surface area contributed by atoms with Gasteiger partial charge >= 0.3 is 5.69 Å². The zero-order valence-corrected chi connectivity index (χ0v) is 12.2. The van der Waals surface area contributed by atoms with Crippen LogP contribution >= 0.6 is 0 Å². The number of aromatic amines is 1. The maximum Gasteiger partial charge on any atom is 0.330 e. The number of nitrogens with two attached hydrogens (primary N) is 1. The van der Waals surface area contributed by atoms with Crippen LogP contribution in [0, 0.1) is 0 Å². The summed E-state index contributed by atoms with van der Waals surface area (Å²) >= 11 is 0. The highest BCUT2D eigenvalue weighted by atomic mass is 16.5. The molecule has 1 aromatic rings. The molecule has 0 saturated heterocycles. The first kappa shape index (κ1) is 16.3. The van der Waals surface area contributed by atoms with Crippen LogP contribution in [0.25, 0.3) is 0 Å². The Labute approximate surface area is 118 Å². The summed E-state index contributed by atoms with van der Waals surface area (Å²) in [5.74, 6) is 0.174. The van der Waals surface area contributed by atoms with Gasteiger partial charge in [-0.05, 0) is 19.8 Å². The molecule has 0 amide bonds. The average Bonchev–Trinajstić information content (AvgIpc) is 2.41. The van der Waals surface area contributed by atoms with E-state index in [1.54, 1.807) is 6.92 Å². The van der Waals surface area contributed by atoms with Gasteiger partial charge in [-0.15, -0.1) is 0 Å². The van der Waals surface area contributed by atoms with Crippen LogP contribution in [-0.2, 0) is 11.3 Å². The lowest BCUT2D eigenvalue weighted by atomic mass is 10.3. The quantitative estimate of drug-likeness (QED) is 0.581. The number of ether oxygens (including phenoxy) is 1. The van der Waals surface area contributed by atoms with Crippen molar-refractivity contribution in [3.05, 3.63) is 20.8 Å². The Kier molecular flexibility index (Phi) is 6.86. The van der Waals surface area contributed by atoms with Crippen molar-refractivity contribution in [2.45, 2.75) is 39.7 Å². The molecule has 4 N–H and O–H groups in total. The molecule has 0 bridgehead atoms. The average molecular weight is 284 g/mol. The lowest BCUT2D eigenvalue weighted by Gasteiger charge is -2.12. The van der Waals surface area contributed by atoms with Crippen molar-refractivity contribution in [3.8, 4) is 0 Å². The number of rotatable bonds is 9. The van der Waals surface area contributed by atoms with Gasteiger partial charge in [-0.3, -0.25) is 14.3 Å². The zero-order chi connectivity index (χ0) is 15.0. The van der Waals surface area contributed by atoms with E-state index in [-0.39, 0.29) is 11.5 Å². The molecule has 1 rings (SSSR count). The fraction of sp³-hybridized carbons (Fsp3) is 0.692. The van der Waals surface area contributed by atoms with Crippen molar-refractivity contribution in [1.29, 1.82) is 0 Å². The van der Waals surface area contributed by atoms with E-state index >= 15 is 0 Å². The molecule has 114 valence electrons. The first-order valence-corrected chi connectivity index (χ1v) is 7.06. The normalized spacial score (nSPS) is 10.7. The smallest absolute Gasteiger partial charge is 0.330 e. The van der Waals surface area contributed by atoms with Crippen molar-refractivity contribution in [1.82, 2.24) is 9.55 Å². The van der Waals surface area contributed by atoms with Gasteiger partial charge in [0.05, 0.1) is 0 Å². The standard InChI is InChI=1S/C13H24N4O3/c1-3-5-8-20-9-6-7-15-10-11(14)17(4-2)13(19)16-12(10)18/h15H,3-9,14H2,1-2H3,(H,16,18,19). The predicted octanol–water partition coefficient (Wildman–Crippen LogP) is 0.757. The SMILES string of the molecule is CCCCOCCCNc1c(N)n(CC)c(=O)[nH]c1=O. The van der Waals surface area contributed by atoms with Gasteiger partial charge in [0.2, 0.25) is 0 Å². The van der Waals surface area contributed by atoms with Gasteiger partial charge in [0.25, 0.3) is 5.56 Å². The molecule has 0 unspecified atom stereocenters. The van der Waals surface area contributed by atoms with E-state index in [0.29, 0.717) is 19.7 Å². The van der Waals surface area contributed by atoms with Crippen LogP contribution < -0.4 is 22.3 Å². The summed E-state index contributed by atoms with van der Waals surface area (Å²) in [4.78, 5) is 25.4. The summed E-state index contributed by atoms with van der Waals surface area (Å²) in [6, 6.07) is 0. The number of aromatic nitrogens is 2. The summed E-state index contributed by atoms with van der Waals surface area (Å²) in [7, 11) is 0. The molecule has 0 radical (unpaired) electrons. The second-order valence-corrected chi connectivity index (χ2v) is 4.51. The second kappa shape index (κ2) is 8.42. The minimum atomic E-state index is -0.483. The van der Waals surface area contributed by atoms with Crippen LogP contribution in [-0.4, -0.2) is 29.3 Å². The summed E-state index contributed by atoms with van der Waals surface area (Å²) < 4.78 is 6.75. The van der Waals surface area contributed by atoms with Crippen molar-refractivity contribution in [3.63, 3.8) is 0 Å². The number of hydrogen-bond acceptors (Lipinski definition) is 5. The monoisotopic (exact) mass is 284 g/mol. The molecule has 1 heterocycles. The van der Waals surface area contributed by atoms with Crippen LogP contribution in [0.3, 0.4) is 0 Å². The number of nitrogens with zero attached hydrogens (tertiary/aromatic N) is 1. The minimum absolute atomic E-state index is 0.174. The van der Waals surface area contributed by atoms with E-state index in [1.165, 1.54) is 4.57 Å². The van der Waals surface area contributed by atoms with Crippen LogP contribution in [0.2, 0.25) is 0 Å². The third-order valence-corrected chi connectivity index (χ3v) is 2.97. The van der Waals surface area contributed by atoms with Gasteiger partial charge < -0.3 is 15.8 Å². The number of unbranched alkanes of at least 4 members (excludes halogenated alkanes) is 1. The highest BCUT2D eigenvalue weighted by molar-refractivity contribution is 5.60. The highest BCUT2D eigenvalue weighted by Crippen LogP contribution is 2.09. The Morgan fingerprint density at radius 1 is 1.25 bits per heavy atom. The molecule has 20 heavy (non-hydrogen) atoms. The fourth-order valence-electron chi connectivity index (χ4n) is 1.81. The van der Waals surface area contributed by atoms with Crippen LogP contribution in [0.5, 0.6) is 0 Å². The summed E-state index contributed by atoms with van der Waals surface area (Å²) in [6.07, 6.45) is 2.94. The maximum atomic E-state index is 11.7. The Balaban J connectivity index is 2.52. The van der Waals surface area contributed by atoms with Gasteiger partial charge in [0.1, 0.15) is 11.5 Å². The number of hydrogen-bond donors (Lipinski definition) is 3. The van der Waals surface area contributed by atoms with Gasteiger partial charge in [0.15, 0.2) is 0 Å². The molecule has 7 heteroatoms. The second-order valence-electron chi connectivity index (χ2n) is 4.51. The number of H-pyrrole nitrogens is 1. The first-order chi connectivity index (χ1) is 9.61. The van der Waals surface area contributed by atoms with E-state index in [0.717, 1.165) is 25.9 Å². The number of nitrogens with one attached hydrogen (secondary N) is 2. The molecular weight excluding hydrogens is 260 g/mol. The van der Waals surface area contributed by atoms with Gasteiger partial charge in [0, 0.05) is 26.3 Å². The van der Waals surface area contributed by atoms with E-state index in [2.05, 4.69) is 17.2 Å². The minimum Gasteiger partial charge on any atom is -0.383 e. The third kappa shape index (κ3) is 4.41. The highest BCUT2D eigenvalue weighted by Gasteiger charge is 2.10. The predicted molar refractivity (Wildman–Crippen MR) is 80.2 cm³/mol. The molecule has 0 saturated carbocycles. The first-order valence-electron chi connectivity index (χ1n) is 7.06. The van der Waals surface area contributed by atoms with Crippen molar-refractivity contribution < 1.29 is 4.74 Å². The van der Waals surface area contributed by atoms with Crippen LogP contribution in [0.1, 0.15) is 33.1 Å². The van der Waals surface area contributed by atoms with Gasteiger partial charge in [-0.25, -0.2) is 4.79 Å². The molecule has 1 aromatic heterocycles. The maximum absolute atomic E-state index is 11.7. The van der Waals surface area contributed by atoms with E-state index in [4.69, 9.17) is 10.5 Å². The van der Waals surface area contributed by atoms with Gasteiger partial charge in [-0.2, -0.15) is 0 Å². The van der Waals surface area contributed by atoms with Crippen LogP contribution in [0.15, 0.2) is 9.59 Å². The lowest BCUT2D eigenvalue weighted by molar-refractivity contribution is 0.131. The number of nitrogen functional groups attached to an aromatic ring is 1. The molecular formula is C13H24N4O3. The molecule has 0 atom stereocenters. The van der Waals surface area contributed by atoms with Crippen molar-refractivity contribution in [2.75, 3.05) is 30.8 Å². The van der Waals surface area contributed by atoms with E-state index in [9.17, 15) is 9.59 Å². The summed E-state index contributed by atoms with van der Waals surface area (Å²) in [5.41, 5.74) is 5.11. The van der Waals surface area contributed by atoms with Crippen molar-refractivity contribution >= 4 is 11.5 Å². The fourth-order valence-corrected chi connectivity index (χ4v) is 1.81. The Morgan fingerprint density at radius 3 is 2.60 bits per heavy atom. The largest absolute Gasteiger partial charge is 0.383 e. The molecule has 0 aromatic carbocycles. The summed E-state index contributed by atoms with van der Waals surface area (Å²) in [5, 5.41) is 2.97. The molecule has 0 fully saturated rings. The van der Waals surface area contributed by atoms with Crippen molar-refractivity contribution in [2.24, 2.45) is 0 Å². The molecule has 0 aliphatic heterocycles. The molecule has 0 spiro atoms. The molecule has 7 nitrogen and oxygen atoms in total.